The number of nitrogens with zero attached hydrogens (tertiary/aromatic N) is 1. The average Bonchev–Trinajstić information content (AvgIpc) is 2.60. The third-order valence-electron chi connectivity index (χ3n) is 4.77. The first kappa shape index (κ1) is 28.8. The molecule has 180 valence electrons. The lowest BCUT2D eigenvalue weighted by Gasteiger charge is -2.33. The van der Waals surface area contributed by atoms with Crippen LogP contribution in [0.15, 0.2) is 0 Å². The zero-order valence-corrected chi connectivity index (χ0v) is 17.3. The molecule has 0 atom stereocenters. The first-order valence-electron chi connectivity index (χ1n) is 9.74. The standard InChI is InChI=1S/C18H29F9N2O/c1-4-5-6-7-8-9-12-29(2,3)13-10-11-28-14(30)15(19,20)16(21,22)17(23,24)18(25,26)27/h4-13H2,1-3H3/p+1. The van der Waals surface area contributed by atoms with Gasteiger partial charge in [-0.2, -0.15) is 39.5 Å². The topological polar surface area (TPSA) is 29.1 Å². The molecule has 1 amide bonds. The lowest BCUT2D eigenvalue weighted by molar-refractivity contribution is -0.890. The molecule has 0 aliphatic heterocycles. The van der Waals surface area contributed by atoms with Gasteiger partial charge in [-0.05, 0) is 12.8 Å². The number of hydrogen-bond acceptors (Lipinski definition) is 1. The molecule has 1 N–H and O–H groups in total. The van der Waals surface area contributed by atoms with Gasteiger partial charge in [-0.25, -0.2) is 0 Å². The fourth-order valence-corrected chi connectivity index (χ4v) is 2.77. The minimum Gasteiger partial charge on any atom is -0.350 e. The van der Waals surface area contributed by atoms with Gasteiger partial charge in [-0.3, -0.25) is 4.79 Å². The van der Waals surface area contributed by atoms with Crippen molar-refractivity contribution in [1.29, 1.82) is 0 Å². The van der Waals surface area contributed by atoms with Crippen LogP contribution in [0.1, 0.15) is 51.9 Å². The average molecular weight is 461 g/mol. The van der Waals surface area contributed by atoms with Gasteiger partial charge >= 0.3 is 23.9 Å². The SMILES string of the molecule is CCCCCCCC[N+](C)(C)CCCNC(=O)C(F)(F)C(F)(F)C(F)(F)C(F)(F)F. The smallest absolute Gasteiger partial charge is 0.350 e. The van der Waals surface area contributed by atoms with Crippen LogP contribution in [0.4, 0.5) is 39.5 Å². The van der Waals surface area contributed by atoms with Crippen LogP contribution in [-0.4, -0.2) is 68.1 Å². The van der Waals surface area contributed by atoms with Gasteiger partial charge in [0.1, 0.15) is 0 Å². The van der Waals surface area contributed by atoms with E-state index in [4.69, 9.17) is 0 Å². The third-order valence-corrected chi connectivity index (χ3v) is 4.77. The van der Waals surface area contributed by atoms with Crippen molar-refractivity contribution in [3.8, 4) is 0 Å². The van der Waals surface area contributed by atoms with E-state index in [1.165, 1.54) is 5.32 Å². The normalized spacial score (nSPS) is 14.1. The van der Waals surface area contributed by atoms with Crippen molar-refractivity contribution in [2.24, 2.45) is 0 Å². The molecule has 12 heteroatoms. The van der Waals surface area contributed by atoms with Gasteiger partial charge < -0.3 is 9.80 Å². The van der Waals surface area contributed by atoms with Crippen LogP contribution < -0.4 is 5.32 Å². The molecule has 0 aromatic heterocycles. The van der Waals surface area contributed by atoms with Crippen molar-refractivity contribution in [3.05, 3.63) is 0 Å². The largest absolute Gasteiger partial charge is 0.460 e. The van der Waals surface area contributed by atoms with Gasteiger partial charge in [0, 0.05) is 13.0 Å². The Bertz CT molecular complexity index is 534. The Morgan fingerprint density at radius 2 is 1.20 bits per heavy atom. The van der Waals surface area contributed by atoms with E-state index in [1.807, 2.05) is 14.1 Å². The monoisotopic (exact) mass is 461 g/mol. The van der Waals surface area contributed by atoms with Crippen LogP contribution in [-0.2, 0) is 4.79 Å². The minimum absolute atomic E-state index is 0.0475. The predicted octanol–water partition coefficient (Wildman–Crippen LogP) is 5.40. The summed E-state index contributed by atoms with van der Waals surface area (Å²) in [6.07, 6.45) is -0.516. The second-order valence-corrected chi connectivity index (χ2v) is 7.98. The highest BCUT2D eigenvalue weighted by Gasteiger charge is 2.83. The first-order chi connectivity index (χ1) is 13.4. The molecule has 0 heterocycles. The molecular weight excluding hydrogens is 431 g/mol. The molecule has 0 aliphatic carbocycles. The highest BCUT2D eigenvalue weighted by molar-refractivity contribution is 5.84. The van der Waals surface area contributed by atoms with Crippen LogP contribution in [0.25, 0.3) is 0 Å². The Kier molecular flexibility index (Phi) is 10.5. The molecule has 30 heavy (non-hydrogen) atoms. The summed E-state index contributed by atoms with van der Waals surface area (Å²) in [6, 6.07) is 0. The van der Waals surface area contributed by atoms with Crippen molar-refractivity contribution in [3.63, 3.8) is 0 Å². The van der Waals surface area contributed by atoms with Gasteiger partial charge in [0.05, 0.1) is 27.2 Å². The van der Waals surface area contributed by atoms with Gasteiger partial charge in [0.15, 0.2) is 0 Å². The number of amides is 1. The van der Waals surface area contributed by atoms with Crippen molar-refractivity contribution in [2.45, 2.75) is 75.8 Å². The fourth-order valence-electron chi connectivity index (χ4n) is 2.77. The van der Waals surface area contributed by atoms with Gasteiger partial charge in [0.2, 0.25) is 0 Å². The van der Waals surface area contributed by atoms with Gasteiger partial charge in [-0.15, -0.1) is 0 Å². The number of unbranched alkanes of at least 4 members (excludes halogenated alkanes) is 5. The summed E-state index contributed by atoms with van der Waals surface area (Å²) in [5.41, 5.74) is 0. The van der Waals surface area contributed by atoms with Gasteiger partial charge in [0.25, 0.3) is 5.91 Å². The predicted molar refractivity (Wildman–Crippen MR) is 93.7 cm³/mol. The van der Waals surface area contributed by atoms with Crippen LogP contribution in [0.5, 0.6) is 0 Å². The second kappa shape index (κ2) is 10.9. The number of alkyl halides is 9. The van der Waals surface area contributed by atoms with Crippen molar-refractivity contribution in [2.75, 3.05) is 33.7 Å². The number of halogens is 9. The van der Waals surface area contributed by atoms with E-state index in [0.29, 0.717) is 11.0 Å². The van der Waals surface area contributed by atoms with Crippen molar-refractivity contribution >= 4 is 5.91 Å². The van der Waals surface area contributed by atoms with Crippen LogP contribution in [0.3, 0.4) is 0 Å². The third kappa shape index (κ3) is 7.49. The molecular formula is C18H30F9N2O+. The maximum absolute atomic E-state index is 13.4. The number of quaternary nitrogens is 1. The Morgan fingerprint density at radius 1 is 0.733 bits per heavy atom. The van der Waals surface area contributed by atoms with Gasteiger partial charge in [-0.1, -0.05) is 32.6 Å². The molecule has 0 saturated heterocycles. The quantitative estimate of drug-likeness (QED) is 0.210. The molecule has 0 fully saturated rings. The summed E-state index contributed by atoms with van der Waals surface area (Å²) in [6.45, 7) is 2.62. The number of carbonyl (C=O) groups is 1. The summed E-state index contributed by atoms with van der Waals surface area (Å²) in [5, 5.41) is 1.34. The fraction of sp³-hybridized carbons (Fsp3) is 0.944. The molecule has 0 radical (unpaired) electrons. The highest BCUT2D eigenvalue weighted by atomic mass is 19.4. The van der Waals surface area contributed by atoms with Crippen molar-refractivity contribution in [1.82, 2.24) is 5.32 Å². The summed E-state index contributed by atoms with van der Waals surface area (Å²) in [7, 11) is 3.67. The lowest BCUT2D eigenvalue weighted by atomic mass is 10.0. The molecule has 0 saturated carbocycles. The van der Waals surface area contributed by atoms with E-state index in [1.54, 1.807) is 0 Å². The Morgan fingerprint density at radius 3 is 1.70 bits per heavy atom. The van der Waals surface area contributed by atoms with E-state index < -0.39 is 36.4 Å². The Balaban J connectivity index is 4.58. The highest BCUT2D eigenvalue weighted by Crippen LogP contribution is 2.53. The summed E-state index contributed by atoms with van der Waals surface area (Å²) in [4.78, 5) is 11.3. The lowest BCUT2D eigenvalue weighted by Crippen LogP contribution is -2.65. The molecule has 0 spiro atoms. The summed E-state index contributed by atoms with van der Waals surface area (Å²) >= 11 is 0. The van der Waals surface area contributed by atoms with Crippen LogP contribution >= 0.6 is 0 Å². The van der Waals surface area contributed by atoms with E-state index in [2.05, 4.69) is 6.92 Å². The maximum atomic E-state index is 13.4. The molecule has 0 aromatic carbocycles. The Labute approximate surface area is 170 Å². The zero-order valence-electron chi connectivity index (χ0n) is 17.3. The van der Waals surface area contributed by atoms with E-state index in [-0.39, 0.29) is 6.42 Å². The Hall–Kier alpha value is -1.20. The first-order valence-corrected chi connectivity index (χ1v) is 9.74. The molecule has 0 bridgehead atoms. The molecule has 0 unspecified atom stereocenters. The molecule has 3 nitrogen and oxygen atoms in total. The molecule has 0 aliphatic rings. The van der Waals surface area contributed by atoms with Crippen LogP contribution in [0.2, 0.25) is 0 Å². The second-order valence-electron chi connectivity index (χ2n) is 7.98. The maximum Gasteiger partial charge on any atom is 0.460 e. The number of rotatable bonds is 14. The number of carbonyl (C=O) groups excluding carboxylic acids is 1. The van der Waals surface area contributed by atoms with E-state index in [9.17, 15) is 44.3 Å². The zero-order chi connectivity index (χ0) is 23.9. The van der Waals surface area contributed by atoms with E-state index >= 15 is 0 Å². The number of hydrogen-bond donors (Lipinski definition) is 1. The van der Waals surface area contributed by atoms with Crippen LogP contribution in [0, 0.1) is 0 Å². The summed E-state index contributed by atoms with van der Waals surface area (Å²) in [5.74, 6) is -23.1. The van der Waals surface area contributed by atoms with E-state index in [0.717, 1.165) is 45.1 Å². The van der Waals surface area contributed by atoms with Crippen molar-refractivity contribution < 1.29 is 48.8 Å². The summed E-state index contributed by atoms with van der Waals surface area (Å²) < 4.78 is 115. The number of nitrogens with one attached hydrogen (secondary N) is 1. The molecule has 0 rings (SSSR count). The molecule has 0 aromatic rings. The minimum atomic E-state index is -7.07.